The minimum absolute atomic E-state index is 0.0439. The van der Waals surface area contributed by atoms with E-state index in [1.165, 1.54) is 11.3 Å². The highest BCUT2D eigenvalue weighted by molar-refractivity contribution is 7.99. The summed E-state index contributed by atoms with van der Waals surface area (Å²) in [6.07, 6.45) is 0. The van der Waals surface area contributed by atoms with E-state index in [4.69, 9.17) is 0 Å². The van der Waals surface area contributed by atoms with E-state index in [-0.39, 0.29) is 5.91 Å². The van der Waals surface area contributed by atoms with Crippen LogP contribution in [0.15, 0.2) is 5.51 Å². The van der Waals surface area contributed by atoms with Gasteiger partial charge in [0.2, 0.25) is 11.0 Å². The topological polar surface area (TPSA) is 58.1 Å². The van der Waals surface area contributed by atoms with Crippen molar-refractivity contribution in [3.8, 4) is 0 Å². The predicted molar refractivity (Wildman–Crippen MR) is 73.6 cm³/mol. The number of rotatable bonds is 7. The van der Waals surface area contributed by atoms with Crippen molar-refractivity contribution in [3.05, 3.63) is 5.51 Å². The summed E-state index contributed by atoms with van der Waals surface area (Å²) in [7, 11) is 1.96. The van der Waals surface area contributed by atoms with Crippen LogP contribution in [0.3, 0.4) is 0 Å². The molecule has 96 valence electrons. The third-order valence-corrected chi connectivity index (χ3v) is 4.05. The number of hydrogen-bond donors (Lipinski definition) is 1. The molecule has 1 rings (SSSR count). The second-order valence-electron chi connectivity index (χ2n) is 3.72. The van der Waals surface area contributed by atoms with Crippen LogP contribution in [-0.2, 0) is 4.79 Å². The molecule has 0 aliphatic heterocycles. The summed E-state index contributed by atoms with van der Waals surface area (Å²) in [5.41, 5.74) is 1.60. The Morgan fingerprint density at radius 3 is 3.06 bits per heavy atom. The lowest BCUT2D eigenvalue weighted by atomic mass is 10.3. The van der Waals surface area contributed by atoms with Crippen molar-refractivity contribution < 1.29 is 4.79 Å². The molecule has 0 aliphatic rings. The molecular formula is C10H18N4OS2. The van der Waals surface area contributed by atoms with E-state index in [9.17, 15) is 4.79 Å². The van der Waals surface area contributed by atoms with Crippen molar-refractivity contribution in [3.63, 3.8) is 0 Å². The van der Waals surface area contributed by atoms with E-state index in [0.29, 0.717) is 17.7 Å². The van der Waals surface area contributed by atoms with Crippen molar-refractivity contribution in [1.82, 2.24) is 15.1 Å². The van der Waals surface area contributed by atoms with Crippen LogP contribution in [0, 0.1) is 0 Å². The molecular weight excluding hydrogens is 256 g/mol. The van der Waals surface area contributed by atoms with E-state index < -0.39 is 0 Å². The molecule has 0 radical (unpaired) electrons. The summed E-state index contributed by atoms with van der Waals surface area (Å²) in [6, 6.07) is 0.389. The Balaban J connectivity index is 2.30. The fraction of sp³-hybridized carbons (Fsp3) is 0.700. The van der Waals surface area contributed by atoms with E-state index in [0.717, 1.165) is 11.5 Å². The average molecular weight is 274 g/mol. The molecule has 7 heteroatoms. The molecule has 0 aliphatic carbocycles. The smallest absolute Gasteiger partial charge is 0.240 e. The zero-order chi connectivity index (χ0) is 12.7. The highest BCUT2D eigenvalue weighted by atomic mass is 32.2. The standard InChI is InChI=1S/C10H18N4OS2/c1-4-16-6-8(2)14(3)5-9(15)12-10-13-11-7-17-10/h7-8H,4-6H2,1-3H3,(H,12,13,15)/t8-/m0/s1. The van der Waals surface area contributed by atoms with Crippen molar-refractivity contribution in [2.45, 2.75) is 19.9 Å². The number of carbonyl (C=O) groups excluding carboxylic acids is 1. The van der Waals surface area contributed by atoms with Crippen LogP contribution in [0.2, 0.25) is 0 Å². The highest BCUT2D eigenvalue weighted by Crippen LogP contribution is 2.09. The quantitative estimate of drug-likeness (QED) is 0.817. The van der Waals surface area contributed by atoms with Crippen LogP contribution < -0.4 is 5.32 Å². The van der Waals surface area contributed by atoms with Crippen LogP contribution in [0.1, 0.15) is 13.8 Å². The molecule has 1 heterocycles. The molecule has 0 spiro atoms. The Morgan fingerprint density at radius 2 is 2.47 bits per heavy atom. The fourth-order valence-electron chi connectivity index (χ4n) is 1.18. The van der Waals surface area contributed by atoms with Crippen LogP contribution in [-0.4, -0.2) is 52.1 Å². The molecule has 0 bridgehead atoms. The highest BCUT2D eigenvalue weighted by Gasteiger charge is 2.13. The van der Waals surface area contributed by atoms with E-state index >= 15 is 0 Å². The number of likely N-dealkylation sites (N-methyl/N-ethyl adjacent to an activating group) is 1. The largest absolute Gasteiger partial charge is 0.299 e. The summed E-state index contributed by atoms with van der Waals surface area (Å²) in [4.78, 5) is 13.7. The monoisotopic (exact) mass is 274 g/mol. The molecule has 1 N–H and O–H groups in total. The van der Waals surface area contributed by atoms with E-state index in [2.05, 4.69) is 29.4 Å². The first-order chi connectivity index (χ1) is 8.13. The number of anilines is 1. The lowest BCUT2D eigenvalue weighted by Crippen LogP contribution is -2.37. The van der Waals surface area contributed by atoms with Gasteiger partial charge in [0.1, 0.15) is 5.51 Å². The Bertz CT molecular complexity index is 331. The van der Waals surface area contributed by atoms with Gasteiger partial charge in [0.15, 0.2) is 0 Å². The maximum Gasteiger partial charge on any atom is 0.240 e. The van der Waals surface area contributed by atoms with Crippen LogP contribution in [0.25, 0.3) is 0 Å². The van der Waals surface area contributed by atoms with Gasteiger partial charge < -0.3 is 0 Å². The van der Waals surface area contributed by atoms with Crippen molar-refractivity contribution >= 4 is 34.1 Å². The summed E-state index contributed by atoms with van der Waals surface area (Å²) in [5, 5.41) is 10.7. The van der Waals surface area contributed by atoms with Gasteiger partial charge in [0.25, 0.3) is 0 Å². The first kappa shape index (κ1) is 14.4. The molecule has 17 heavy (non-hydrogen) atoms. The van der Waals surface area contributed by atoms with Gasteiger partial charge in [-0.1, -0.05) is 18.3 Å². The molecule has 0 fully saturated rings. The summed E-state index contributed by atoms with van der Waals surface area (Å²) >= 11 is 3.21. The Morgan fingerprint density at radius 1 is 1.71 bits per heavy atom. The van der Waals surface area contributed by atoms with Gasteiger partial charge in [0, 0.05) is 11.8 Å². The van der Waals surface area contributed by atoms with Crippen LogP contribution in [0.4, 0.5) is 5.13 Å². The predicted octanol–water partition coefficient (Wildman–Crippen LogP) is 1.55. The maximum absolute atomic E-state index is 11.7. The Kier molecular flexibility index (Phi) is 6.46. The zero-order valence-corrected chi connectivity index (χ0v) is 12.0. The van der Waals surface area contributed by atoms with Crippen molar-refractivity contribution in [1.29, 1.82) is 0 Å². The number of thioether (sulfide) groups is 1. The number of hydrogen-bond acceptors (Lipinski definition) is 6. The fourth-order valence-corrected chi connectivity index (χ4v) is 2.48. The summed E-state index contributed by atoms with van der Waals surface area (Å²) in [5.74, 6) is 2.10. The molecule has 1 amide bonds. The van der Waals surface area contributed by atoms with Gasteiger partial charge in [-0.15, -0.1) is 10.2 Å². The second-order valence-corrected chi connectivity index (χ2v) is 5.87. The van der Waals surface area contributed by atoms with Crippen molar-refractivity contribution in [2.75, 3.05) is 30.4 Å². The number of carbonyl (C=O) groups is 1. The Labute approximate surface area is 110 Å². The zero-order valence-electron chi connectivity index (χ0n) is 10.3. The third-order valence-electron chi connectivity index (χ3n) is 2.32. The SMILES string of the molecule is CCSC[C@H](C)N(C)CC(=O)Nc1nncs1. The molecule has 5 nitrogen and oxygen atoms in total. The van der Waals surface area contributed by atoms with Crippen LogP contribution >= 0.6 is 23.1 Å². The average Bonchev–Trinajstić information content (AvgIpc) is 2.78. The first-order valence-corrected chi connectivity index (χ1v) is 7.51. The minimum Gasteiger partial charge on any atom is -0.299 e. The number of nitrogens with zero attached hydrogens (tertiary/aromatic N) is 3. The number of amides is 1. The van der Waals surface area contributed by atoms with Crippen molar-refractivity contribution in [2.24, 2.45) is 0 Å². The lowest BCUT2D eigenvalue weighted by molar-refractivity contribution is -0.117. The molecule has 1 atom stereocenters. The number of nitrogens with one attached hydrogen (secondary N) is 1. The maximum atomic E-state index is 11.7. The summed E-state index contributed by atoms with van der Waals surface area (Å²) in [6.45, 7) is 4.64. The molecule has 0 saturated carbocycles. The van der Waals surface area contributed by atoms with E-state index in [1.54, 1.807) is 5.51 Å². The van der Waals surface area contributed by atoms with Gasteiger partial charge >= 0.3 is 0 Å². The molecule has 0 aromatic carbocycles. The normalized spacial score (nSPS) is 12.7. The van der Waals surface area contributed by atoms with Gasteiger partial charge in [-0.3, -0.25) is 15.0 Å². The minimum atomic E-state index is -0.0439. The lowest BCUT2D eigenvalue weighted by Gasteiger charge is -2.23. The molecule has 0 saturated heterocycles. The van der Waals surface area contributed by atoms with Gasteiger partial charge in [-0.05, 0) is 19.7 Å². The molecule has 1 aromatic heterocycles. The first-order valence-electron chi connectivity index (χ1n) is 5.47. The third kappa shape index (κ3) is 5.47. The molecule has 1 aromatic rings. The molecule has 0 unspecified atom stereocenters. The van der Waals surface area contributed by atoms with E-state index in [1.807, 2.05) is 23.7 Å². The summed E-state index contributed by atoms with van der Waals surface area (Å²) < 4.78 is 0. The second kappa shape index (κ2) is 7.62. The van der Waals surface area contributed by atoms with Crippen LogP contribution in [0.5, 0.6) is 0 Å². The van der Waals surface area contributed by atoms with Gasteiger partial charge in [0.05, 0.1) is 6.54 Å². The van der Waals surface area contributed by atoms with Gasteiger partial charge in [-0.2, -0.15) is 11.8 Å². The number of aromatic nitrogens is 2. The Hall–Kier alpha value is -0.660. The van der Waals surface area contributed by atoms with Gasteiger partial charge in [-0.25, -0.2) is 0 Å².